The van der Waals surface area contributed by atoms with E-state index < -0.39 is 5.41 Å². The van der Waals surface area contributed by atoms with E-state index in [4.69, 9.17) is 9.72 Å². The van der Waals surface area contributed by atoms with Gasteiger partial charge in [0.05, 0.1) is 18.1 Å². The summed E-state index contributed by atoms with van der Waals surface area (Å²) in [5.41, 5.74) is 20.3. The Balaban J connectivity index is 0.00000616. The molecule has 76 heavy (non-hydrogen) atoms. The second kappa shape index (κ2) is 17.2. The van der Waals surface area contributed by atoms with Gasteiger partial charge in [-0.25, -0.2) is 4.98 Å². The van der Waals surface area contributed by atoms with Gasteiger partial charge in [-0.3, -0.25) is 0 Å². The number of hydrogen-bond acceptors (Lipinski definition) is 2. The fourth-order valence-electron chi connectivity index (χ4n) is 12.3. The van der Waals surface area contributed by atoms with Crippen molar-refractivity contribution in [1.82, 2.24) is 14.1 Å². The summed E-state index contributed by atoms with van der Waals surface area (Å²) in [5, 5.41) is 2.21. The van der Waals surface area contributed by atoms with Crippen LogP contribution in [-0.4, -0.2) is 14.1 Å². The molecule has 5 nitrogen and oxygen atoms in total. The number of aromatic nitrogens is 4. The molecule has 0 atom stereocenters. The maximum atomic E-state index is 7.39. The molecule has 4 heterocycles. The molecule has 0 saturated heterocycles. The van der Waals surface area contributed by atoms with E-state index in [2.05, 4.69) is 258 Å². The van der Waals surface area contributed by atoms with Gasteiger partial charge in [-0.1, -0.05) is 217 Å². The van der Waals surface area contributed by atoms with Crippen LogP contribution < -0.4 is 9.30 Å². The van der Waals surface area contributed by atoms with Crippen molar-refractivity contribution in [3.63, 3.8) is 0 Å². The van der Waals surface area contributed by atoms with Crippen molar-refractivity contribution in [3.05, 3.63) is 202 Å². The second-order valence-electron chi connectivity index (χ2n) is 26.6. The van der Waals surface area contributed by atoms with Crippen LogP contribution in [0.4, 0.5) is 0 Å². The first-order valence-corrected chi connectivity index (χ1v) is 26.9. The topological polar surface area (TPSA) is 35.9 Å². The molecule has 12 rings (SSSR count). The van der Waals surface area contributed by atoms with Gasteiger partial charge in [0.2, 0.25) is 6.33 Å². The van der Waals surface area contributed by atoms with E-state index in [0.717, 1.165) is 61.0 Å². The van der Waals surface area contributed by atoms with E-state index in [0.29, 0.717) is 11.5 Å². The molecule has 388 valence electrons. The molecular formula is C70H70N4OPt-2. The van der Waals surface area contributed by atoms with Crippen molar-refractivity contribution in [1.29, 1.82) is 0 Å². The Morgan fingerprint density at radius 3 is 1.72 bits per heavy atom. The fourth-order valence-corrected chi connectivity index (χ4v) is 12.3. The van der Waals surface area contributed by atoms with Gasteiger partial charge in [0.1, 0.15) is 5.82 Å². The molecule has 0 amide bonds. The Hall–Kier alpha value is -6.55. The molecule has 3 aromatic heterocycles. The molecule has 2 aliphatic rings. The fraction of sp³-hybridized carbons (Fsp3) is 0.314. The molecule has 1 aliphatic carbocycles. The summed E-state index contributed by atoms with van der Waals surface area (Å²) >= 11 is 0. The zero-order chi connectivity index (χ0) is 53.1. The molecule has 0 saturated carbocycles. The van der Waals surface area contributed by atoms with Gasteiger partial charge in [-0.2, -0.15) is 12.1 Å². The van der Waals surface area contributed by atoms with Crippen LogP contribution in [0.3, 0.4) is 0 Å². The zero-order valence-corrected chi connectivity index (χ0v) is 49.5. The molecule has 0 N–H and O–H groups in total. The number of rotatable bonds is 4. The number of ether oxygens (including phenoxy) is 1. The van der Waals surface area contributed by atoms with Crippen LogP contribution in [0.5, 0.6) is 11.5 Å². The van der Waals surface area contributed by atoms with Crippen LogP contribution in [0.1, 0.15) is 154 Å². The molecule has 10 aromatic rings. The van der Waals surface area contributed by atoms with Gasteiger partial charge in [0, 0.05) is 49.7 Å². The van der Waals surface area contributed by atoms with E-state index in [9.17, 15) is 0 Å². The number of benzene rings is 7. The van der Waals surface area contributed by atoms with Gasteiger partial charge in [-0.15, -0.1) is 29.1 Å². The smallest absolute Gasteiger partial charge is 0.242 e. The van der Waals surface area contributed by atoms with E-state index in [1.807, 2.05) is 18.3 Å². The minimum absolute atomic E-state index is 0. The van der Waals surface area contributed by atoms with Gasteiger partial charge >= 0.3 is 0 Å². The van der Waals surface area contributed by atoms with E-state index in [1.165, 1.54) is 55.6 Å². The van der Waals surface area contributed by atoms with Crippen LogP contribution >= 0.6 is 0 Å². The monoisotopic (exact) mass is 1180 g/mol. The molecule has 0 fully saturated rings. The van der Waals surface area contributed by atoms with Crippen molar-refractivity contribution in [3.8, 4) is 45.3 Å². The van der Waals surface area contributed by atoms with Crippen LogP contribution in [0.15, 0.2) is 134 Å². The minimum Gasteiger partial charge on any atom is -0.509 e. The largest absolute Gasteiger partial charge is 0.509 e. The molecule has 7 aromatic carbocycles. The SMILES string of the molecule is C[n+]1[c-]n2c3c(cccc31)C1(c3ccc(Oc4[c-]c5c(cc4-c4ccc(C(C)(C)C)cc4)c4ccccc4n5-c4ccccn4)[c-]c3-2)c2c(cc(C(C)(C)C)cc2C(C)(C)C)-c2cc(C(C)(C)C)cc(C(C)(C)C)c21.[Pt]. The first-order valence-electron chi connectivity index (χ1n) is 26.9. The summed E-state index contributed by atoms with van der Waals surface area (Å²) in [4.78, 5) is 4.87. The molecule has 1 aliphatic heterocycles. The number of fused-ring (bicyclic) bond motifs is 12. The van der Waals surface area contributed by atoms with Gasteiger partial charge in [0.15, 0.2) is 0 Å². The van der Waals surface area contributed by atoms with Gasteiger partial charge < -0.3 is 18.4 Å². The standard InChI is InChI=1S/C70H70N4O.Pt/c1-65(2,3)43-29-27-42(28-30-43)48-39-49-47-22-17-18-24-56(47)74(61-26-19-20-33-71-61)58(49)40-60(48)75-46-31-32-52-59(38-46)73-41-72(16)57-25-21-23-53(64(57)73)70(52)62-50(34-44(66(4,5)6)36-54(62)68(10,11)12)51-35-45(67(7,8)9)37-55(63(51)70)69(13,14)15;/h17-37,39H,1-16H3;/q-2;. The number of aryl methyl sites for hydroxylation is 1. The Bertz CT molecular complexity index is 3900. The zero-order valence-electron chi connectivity index (χ0n) is 47.2. The first-order chi connectivity index (χ1) is 35.3. The third-order valence-corrected chi connectivity index (χ3v) is 16.3. The number of pyridine rings is 1. The van der Waals surface area contributed by atoms with Crippen molar-refractivity contribution in [2.24, 2.45) is 7.05 Å². The van der Waals surface area contributed by atoms with E-state index >= 15 is 0 Å². The third kappa shape index (κ3) is 7.80. The number of para-hydroxylation sites is 2. The Morgan fingerprint density at radius 2 is 1.14 bits per heavy atom. The molecule has 0 bridgehead atoms. The van der Waals surface area contributed by atoms with Crippen molar-refractivity contribution in [2.45, 2.75) is 136 Å². The predicted molar refractivity (Wildman–Crippen MR) is 309 cm³/mol. The van der Waals surface area contributed by atoms with Crippen LogP contribution in [0.25, 0.3) is 66.6 Å². The average molecular weight is 1180 g/mol. The summed E-state index contributed by atoms with van der Waals surface area (Å²) in [6, 6.07) is 55.3. The van der Waals surface area contributed by atoms with Crippen LogP contribution in [-0.2, 0) is 60.6 Å². The average Bonchev–Trinajstić information content (AvgIpc) is 3.97. The minimum atomic E-state index is -0.726. The summed E-state index contributed by atoms with van der Waals surface area (Å²) in [6.07, 6.45) is 5.64. The van der Waals surface area contributed by atoms with Crippen LogP contribution in [0, 0.1) is 18.5 Å². The summed E-state index contributed by atoms with van der Waals surface area (Å²) < 4.78 is 14.0. The van der Waals surface area contributed by atoms with Crippen molar-refractivity contribution in [2.75, 3.05) is 0 Å². The van der Waals surface area contributed by atoms with Gasteiger partial charge in [0.25, 0.3) is 0 Å². The number of imidazole rings is 1. The number of hydrogen-bond donors (Lipinski definition) is 0. The van der Waals surface area contributed by atoms with Crippen LogP contribution in [0.2, 0.25) is 0 Å². The molecule has 6 heteroatoms. The first kappa shape index (κ1) is 51.5. The summed E-state index contributed by atoms with van der Waals surface area (Å²) in [5.74, 6) is 2.04. The normalized spacial score (nSPS) is 14.1. The Morgan fingerprint density at radius 1 is 0.539 bits per heavy atom. The Labute approximate surface area is 465 Å². The molecule has 1 spiro atoms. The molecule has 0 radical (unpaired) electrons. The Kier molecular flexibility index (Phi) is 11.7. The predicted octanol–water partition coefficient (Wildman–Crippen LogP) is 17.0. The molecular weight excluding hydrogens is 1110 g/mol. The summed E-state index contributed by atoms with van der Waals surface area (Å²) in [7, 11) is 2.12. The number of nitrogens with zero attached hydrogens (tertiary/aromatic N) is 4. The third-order valence-electron chi connectivity index (χ3n) is 16.3. The quantitative estimate of drug-likeness (QED) is 0.130. The second-order valence-corrected chi connectivity index (χ2v) is 26.6. The molecule has 0 unspecified atom stereocenters. The maximum Gasteiger partial charge on any atom is 0.242 e. The van der Waals surface area contributed by atoms with Crippen molar-refractivity contribution >= 4 is 32.8 Å². The maximum absolute atomic E-state index is 7.39. The summed E-state index contributed by atoms with van der Waals surface area (Å²) in [6.45, 7) is 35.3. The van der Waals surface area contributed by atoms with E-state index in [1.54, 1.807) is 0 Å². The van der Waals surface area contributed by atoms with Gasteiger partial charge in [-0.05, 0) is 106 Å². The van der Waals surface area contributed by atoms with E-state index in [-0.39, 0.29) is 48.1 Å². The van der Waals surface area contributed by atoms with Crippen molar-refractivity contribution < 1.29 is 30.4 Å².